The third-order valence-corrected chi connectivity index (χ3v) is 4.07. The van der Waals surface area contributed by atoms with Gasteiger partial charge in [-0.15, -0.1) is 12.4 Å². The highest BCUT2D eigenvalue weighted by Gasteiger charge is 2.20. The van der Waals surface area contributed by atoms with Crippen molar-refractivity contribution in [3.8, 4) is 0 Å². The molecule has 28 heavy (non-hydrogen) atoms. The van der Waals surface area contributed by atoms with Gasteiger partial charge in [0.1, 0.15) is 6.61 Å². The van der Waals surface area contributed by atoms with Crippen molar-refractivity contribution in [3.05, 3.63) is 59.2 Å². The number of esters is 1. The van der Waals surface area contributed by atoms with E-state index in [0.29, 0.717) is 0 Å². The Labute approximate surface area is 174 Å². The molecule has 0 fully saturated rings. The normalized spacial score (nSPS) is 13.0. The van der Waals surface area contributed by atoms with Crippen molar-refractivity contribution in [1.29, 1.82) is 0 Å². The second-order valence-electron chi connectivity index (χ2n) is 7.02. The third kappa shape index (κ3) is 10.9. The number of hydrogen-bond acceptors (Lipinski definition) is 4. The van der Waals surface area contributed by atoms with Gasteiger partial charge in [0.05, 0.1) is 18.5 Å². The number of nitrogens with two attached hydrogens (primary N) is 1. The summed E-state index contributed by atoms with van der Waals surface area (Å²) in [6, 6.07) is 8.25. The highest BCUT2D eigenvalue weighted by molar-refractivity contribution is 5.85. The summed E-state index contributed by atoms with van der Waals surface area (Å²) in [6.07, 6.45) is 6.11. The zero-order valence-electron chi connectivity index (χ0n) is 17.2. The molecule has 0 bridgehead atoms. The van der Waals surface area contributed by atoms with Crippen LogP contribution in [0.4, 0.5) is 0 Å². The lowest BCUT2D eigenvalue weighted by atomic mass is 10.0. The van der Waals surface area contributed by atoms with Gasteiger partial charge in [-0.25, -0.2) is 0 Å². The highest BCUT2D eigenvalue weighted by Crippen LogP contribution is 2.17. The van der Waals surface area contributed by atoms with Crippen LogP contribution in [0.2, 0.25) is 0 Å². The first-order valence-electron chi connectivity index (χ1n) is 9.35. The Hall–Kier alpha value is -2.11. The molecule has 6 heteroatoms. The number of carbonyl (C=O) groups excluding carboxylic acids is 2. The molecule has 156 valence electrons. The smallest absolute Gasteiger partial charge is 0.308 e. The predicted octanol–water partition coefficient (Wildman–Crippen LogP) is 4.24. The van der Waals surface area contributed by atoms with E-state index in [4.69, 9.17) is 10.5 Å². The summed E-state index contributed by atoms with van der Waals surface area (Å²) in [5, 5.41) is 2.81. The summed E-state index contributed by atoms with van der Waals surface area (Å²) in [5.41, 5.74) is 8.96. The molecular weight excluding hydrogens is 376 g/mol. The van der Waals surface area contributed by atoms with Gasteiger partial charge >= 0.3 is 5.97 Å². The molecule has 0 saturated heterocycles. The van der Waals surface area contributed by atoms with E-state index < -0.39 is 12.1 Å². The molecule has 5 nitrogen and oxygen atoms in total. The van der Waals surface area contributed by atoms with Crippen molar-refractivity contribution < 1.29 is 14.3 Å². The minimum absolute atomic E-state index is 0. The van der Waals surface area contributed by atoms with Crippen LogP contribution in [0.15, 0.2) is 53.6 Å². The number of carbonyl (C=O) groups is 2. The zero-order chi connectivity index (χ0) is 20.2. The van der Waals surface area contributed by atoms with Crippen LogP contribution < -0.4 is 11.1 Å². The maximum absolute atomic E-state index is 12.2. The van der Waals surface area contributed by atoms with Gasteiger partial charge in [0, 0.05) is 0 Å². The summed E-state index contributed by atoms with van der Waals surface area (Å²) < 4.78 is 5.32. The molecule has 0 aliphatic heterocycles. The van der Waals surface area contributed by atoms with Gasteiger partial charge in [-0.1, -0.05) is 47.6 Å². The molecule has 0 aliphatic carbocycles. The Morgan fingerprint density at radius 2 is 1.79 bits per heavy atom. The van der Waals surface area contributed by atoms with Crippen molar-refractivity contribution in [3.63, 3.8) is 0 Å². The molecule has 1 aromatic carbocycles. The van der Waals surface area contributed by atoms with Crippen LogP contribution in [0.25, 0.3) is 0 Å². The number of benzene rings is 1. The van der Waals surface area contributed by atoms with E-state index in [1.54, 1.807) is 6.92 Å². The second kappa shape index (κ2) is 14.0. The average molecular weight is 409 g/mol. The Morgan fingerprint density at radius 1 is 1.14 bits per heavy atom. The molecule has 1 amide bonds. The van der Waals surface area contributed by atoms with Crippen LogP contribution in [0, 0.1) is 0 Å². The van der Waals surface area contributed by atoms with E-state index in [-0.39, 0.29) is 37.3 Å². The number of rotatable bonds is 10. The Morgan fingerprint density at radius 3 is 2.36 bits per heavy atom. The maximum Gasteiger partial charge on any atom is 0.308 e. The number of ether oxygens (including phenoxy) is 1. The largest absolute Gasteiger partial charge is 0.461 e. The van der Waals surface area contributed by atoms with Gasteiger partial charge in [-0.2, -0.15) is 0 Å². The number of halogens is 1. The topological polar surface area (TPSA) is 81.4 Å². The molecule has 2 unspecified atom stereocenters. The fourth-order valence-corrected chi connectivity index (χ4v) is 2.43. The first kappa shape index (κ1) is 25.9. The lowest BCUT2D eigenvalue weighted by Crippen LogP contribution is -2.41. The van der Waals surface area contributed by atoms with Gasteiger partial charge in [-0.3, -0.25) is 9.59 Å². The third-order valence-electron chi connectivity index (χ3n) is 4.07. The number of amides is 1. The molecule has 1 rings (SSSR count). The van der Waals surface area contributed by atoms with E-state index in [0.717, 1.165) is 18.4 Å². The summed E-state index contributed by atoms with van der Waals surface area (Å²) >= 11 is 0. The summed E-state index contributed by atoms with van der Waals surface area (Å²) in [7, 11) is 0. The van der Waals surface area contributed by atoms with Crippen molar-refractivity contribution in [2.45, 2.75) is 59.0 Å². The monoisotopic (exact) mass is 408 g/mol. The minimum atomic E-state index is -0.640. The van der Waals surface area contributed by atoms with Crippen LogP contribution in [-0.4, -0.2) is 24.5 Å². The number of allylic oxidation sites excluding steroid dienone is 3. The molecule has 3 N–H and O–H groups in total. The maximum atomic E-state index is 12.2. The van der Waals surface area contributed by atoms with Crippen LogP contribution >= 0.6 is 12.4 Å². The van der Waals surface area contributed by atoms with E-state index in [2.05, 4.69) is 25.2 Å². The van der Waals surface area contributed by atoms with Crippen LogP contribution in [0.5, 0.6) is 0 Å². The van der Waals surface area contributed by atoms with Crippen molar-refractivity contribution in [2.24, 2.45) is 5.73 Å². The Kier molecular flexibility index (Phi) is 12.9. The van der Waals surface area contributed by atoms with Crippen LogP contribution in [0.3, 0.4) is 0 Å². The lowest BCUT2D eigenvalue weighted by Gasteiger charge is -2.19. The second-order valence-corrected chi connectivity index (χ2v) is 7.02. The first-order chi connectivity index (χ1) is 12.8. The van der Waals surface area contributed by atoms with E-state index in [9.17, 15) is 9.59 Å². The molecule has 0 spiro atoms. The first-order valence-corrected chi connectivity index (χ1v) is 9.35. The number of hydrogen-bond donors (Lipinski definition) is 2. The quantitative estimate of drug-likeness (QED) is 0.448. The predicted molar refractivity (Wildman–Crippen MR) is 116 cm³/mol. The Balaban J connectivity index is 0.00000729. The van der Waals surface area contributed by atoms with E-state index in [1.165, 1.54) is 11.1 Å². The SMILES string of the molecule is CC(C)=CCC/C(C)=C/COC(=O)CC(NC(=O)C(C)N)c1ccccc1.Cl. The van der Waals surface area contributed by atoms with Crippen LogP contribution in [0.1, 0.15) is 58.6 Å². The average Bonchev–Trinajstić information content (AvgIpc) is 2.61. The summed E-state index contributed by atoms with van der Waals surface area (Å²) in [4.78, 5) is 24.2. The zero-order valence-corrected chi connectivity index (χ0v) is 18.1. The van der Waals surface area contributed by atoms with Crippen molar-refractivity contribution in [1.82, 2.24) is 5.32 Å². The molecule has 0 aliphatic rings. The van der Waals surface area contributed by atoms with Gasteiger partial charge in [-0.05, 0) is 52.2 Å². The van der Waals surface area contributed by atoms with Crippen LogP contribution in [-0.2, 0) is 14.3 Å². The van der Waals surface area contributed by atoms with Gasteiger partial charge in [0.25, 0.3) is 0 Å². The van der Waals surface area contributed by atoms with E-state index in [1.807, 2.05) is 43.3 Å². The Bertz CT molecular complexity index is 666. The summed E-state index contributed by atoms with van der Waals surface area (Å²) in [6.45, 7) is 8.03. The molecule has 0 radical (unpaired) electrons. The molecule has 1 aromatic rings. The van der Waals surface area contributed by atoms with Gasteiger partial charge < -0.3 is 15.8 Å². The number of nitrogens with one attached hydrogen (secondary N) is 1. The molecule has 0 saturated carbocycles. The molecule has 0 aromatic heterocycles. The minimum Gasteiger partial charge on any atom is -0.461 e. The molecular formula is C22H33ClN2O3. The fraction of sp³-hybridized carbons (Fsp3) is 0.455. The molecule has 0 heterocycles. The van der Waals surface area contributed by atoms with Gasteiger partial charge in [0.2, 0.25) is 5.91 Å². The molecule has 2 atom stereocenters. The summed E-state index contributed by atoms with van der Waals surface area (Å²) in [5.74, 6) is -0.658. The highest BCUT2D eigenvalue weighted by atomic mass is 35.5. The fourth-order valence-electron chi connectivity index (χ4n) is 2.43. The standard InChI is InChI=1S/C22H32N2O3.ClH/c1-16(2)9-8-10-17(3)13-14-27-21(25)15-20(24-22(26)18(4)23)19-11-6-5-7-12-19;/h5-7,9,11-13,18,20H,8,10,14-15,23H2,1-4H3,(H,24,26);1H/b17-13+;. The van der Waals surface area contributed by atoms with Gasteiger partial charge in [0.15, 0.2) is 0 Å². The van der Waals surface area contributed by atoms with Crippen molar-refractivity contribution in [2.75, 3.05) is 6.61 Å². The lowest BCUT2D eigenvalue weighted by molar-refractivity contribution is -0.143. The van der Waals surface area contributed by atoms with Crippen molar-refractivity contribution >= 4 is 24.3 Å². The van der Waals surface area contributed by atoms with E-state index >= 15 is 0 Å².